The van der Waals surface area contributed by atoms with Crippen LogP contribution in [0.4, 0.5) is 4.79 Å². The molecule has 0 aliphatic carbocycles. The van der Waals surface area contributed by atoms with Gasteiger partial charge in [0.25, 0.3) is 0 Å². The number of aromatic amines is 1. The molecule has 1 amide bonds. The van der Waals surface area contributed by atoms with Crippen LogP contribution in [-0.2, 0) is 11.3 Å². The standard InChI is InChI=1S/C19H18N2O4/c22-11-17(21-19(24)25-12-13-6-2-1-3-7-13)18(23)15-10-20-16-9-5-4-8-14(15)16/h1-10,17,20,22H,11-12H2,(H,21,24). The van der Waals surface area contributed by atoms with E-state index in [1.165, 1.54) is 0 Å². The number of aromatic nitrogens is 1. The van der Waals surface area contributed by atoms with Crippen LogP contribution in [0.3, 0.4) is 0 Å². The fourth-order valence-corrected chi connectivity index (χ4v) is 2.56. The number of carbonyl (C=O) groups excluding carboxylic acids is 2. The molecule has 0 spiro atoms. The zero-order valence-electron chi connectivity index (χ0n) is 13.4. The van der Waals surface area contributed by atoms with Gasteiger partial charge in [0, 0.05) is 22.7 Å². The molecule has 0 fully saturated rings. The Morgan fingerprint density at radius 3 is 2.56 bits per heavy atom. The lowest BCUT2D eigenvalue weighted by Crippen LogP contribution is -2.43. The molecule has 25 heavy (non-hydrogen) atoms. The van der Waals surface area contributed by atoms with E-state index in [4.69, 9.17) is 4.74 Å². The third-order valence-electron chi connectivity index (χ3n) is 3.86. The van der Waals surface area contributed by atoms with Gasteiger partial charge in [0.15, 0.2) is 5.78 Å². The number of benzene rings is 2. The molecule has 6 heteroatoms. The molecule has 1 aromatic heterocycles. The normalized spacial score (nSPS) is 11.9. The zero-order chi connectivity index (χ0) is 17.6. The highest BCUT2D eigenvalue weighted by atomic mass is 16.5. The summed E-state index contributed by atoms with van der Waals surface area (Å²) in [4.78, 5) is 27.5. The lowest BCUT2D eigenvalue weighted by molar-refractivity contribution is 0.0865. The van der Waals surface area contributed by atoms with Crippen molar-refractivity contribution in [3.8, 4) is 0 Å². The van der Waals surface area contributed by atoms with Crippen LogP contribution in [0.2, 0.25) is 0 Å². The highest BCUT2D eigenvalue weighted by Gasteiger charge is 2.24. The molecule has 1 unspecified atom stereocenters. The molecule has 0 saturated carbocycles. The molecule has 0 aliphatic rings. The first-order valence-corrected chi connectivity index (χ1v) is 7.87. The molecule has 128 valence electrons. The molecule has 3 N–H and O–H groups in total. The first kappa shape index (κ1) is 16.7. The van der Waals surface area contributed by atoms with E-state index in [0.717, 1.165) is 16.5 Å². The topological polar surface area (TPSA) is 91.4 Å². The monoisotopic (exact) mass is 338 g/mol. The SMILES string of the molecule is O=C(NC(CO)C(=O)c1c[nH]c2ccccc12)OCc1ccccc1. The molecule has 0 aliphatic heterocycles. The summed E-state index contributed by atoms with van der Waals surface area (Å²) in [7, 11) is 0. The van der Waals surface area contributed by atoms with Gasteiger partial charge in [-0.25, -0.2) is 4.79 Å². The number of fused-ring (bicyclic) bond motifs is 1. The third-order valence-corrected chi connectivity index (χ3v) is 3.86. The summed E-state index contributed by atoms with van der Waals surface area (Å²) in [6, 6.07) is 15.5. The minimum Gasteiger partial charge on any atom is -0.445 e. The predicted molar refractivity (Wildman–Crippen MR) is 93.3 cm³/mol. The van der Waals surface area contributed by atoms with Gasteiger partial charge in [-0.1, -0.05) is 48.5 Å². The van der Waals surface area contributed by atoms with Crippen LogP contribution in [-0.4, -0.2) is 34.6 Å². The Labute approximate surface area is 144 Å². The van der Waals surface area contributed by atoms with E-state index in [-0.39, 0.29) is 12.4 Å². The second kappa shape index (κ2) is 7.63. The molecule has 0 radical (unpaired) electrons. The van der Waals surface area contributed by atoms with E-state index in [9.17, 15) is 14.7 Å². The van der Waals surface area contributed by atoms with E-state index in [1.807, 2.05) is 48.5 Å². The van der Waals surface area contributed by atoms with Crippen LogP contribution in [0.15, 0.2) is 60.8 Å². The fraction of sp³-hybridized carbons (Fsp3) is 0.158. The van der Waals surface area contributed by atoms with E-state index in [2.05, 4.69) is 10.3 Å². The Hall–Kier alpha value is -3.12. The van der Waals surface area contributed by atoms with Gasteiger partial charge in [0.1, 0.15) is 12.6 Å². The van der Waals surface area contributed by atoms with Crippen molar-refractivity contribution in [1.29, 1.82) is 0 Å². The summed E-state index contributed by atoms with van der Waals surface area (Å²) in [5.74, 6) is -0.378. The Bertz CT molecular complexity index is 873. The van der Waals surface area contributed by atoms with Gasteiger partial charge < -0.3 is 20.1 Å². The van der Waals surface area contributed by atoms with E-state index >= 15 is 0 Å². The van der Waals surface area contributed by atoms with Gasteiger partial charge in [-0.15, -0.1) is 0 Å². The van der Waals surface area contributed by atoms with Gasteiger partial charge in [0.05, 0.1) is 6.61 Å². The number of Topliss-reactive ketones (excluding diaryl/α,β-unsaturated/α-hetero) is 1. The van der Waals surface area contributed by atoms with Crippen LogP contribution in [0.5, 0.6) is 0 Å². The number of carbonyl (C=O) groups is 2. The summed E-state index contributed by atoms with van der Waals surface area (Å²) in [6.07, 6.45) is 0.822. The quantitative estimate of drug-likeness (QED) is 0.603. The fourth-order valence-electron chi connectivity index (χ4n) is 2.56. The largest absolute Gasteiger partial charge is 0.445 e. The second-order valence-electron chi connectivity index (χ2n) is 5.55. The van der Waals surface area contributed by atoms with Crippen molar-refractivity contribution < 1.29 is 19.4 Å². The number of H-pyrrole nitrogens is 1. The molecule has 3 rings (SSSR count). The number of rotatable bonds is 6. The number of hydrogen-bond donors (Lipinski definition) is 3. The smallest absolute Gasteiger partial charge is 0.408 e. The number of amides is 1. The van der Waals surface area contributed by atoms with Crippen molar-refractivity contribution in [1.82, 2.24) is 10.3 Å². The molecule has 0 saturated heterocycles. The zero-order valence-corrected chi connectivity index (χ0v) is 13.4. The minimum absolute atomic E-state index is 0.0894. The van der Waals surface area contributed by atoms with Crippen molar-refractivity contribution in [3.05, 3.63) is 71.9 Å². The minimum atomic E-state index is -1.07. The number of ether oxygens (including phenoxy) is 1. The van der Waals surface area contributed by atoms with Gasteiger partial charge >= 0.3 is 6.09 Å². The van der Waals surface area contributed by atoms with Gasteiger partial charge in [0.2, 0.25) is 0 Å². The van der Waals surface area contributed by atoms with Crippen molar-refractivity contribution in [2.24, 2.45) is 0 Å². The van der Waals surface area contributed by atoms with Crippen molar-refractivity contribution in [2.75, 3.05) is 6.61 Å². The number of aliphatic hydroxyl groups excluding tert-OH is 1. The van der Waals surface area contributed by atoms with Gasteiger partial charge in [-0.05, 0) is 11.6 Å². The van der Waals surface area contributed by atoms with Crippen LogP contribution >= 0.6 is 0 Å². The summed E-state index contributed by atoms with van der Waals surface area (Å²) >= 11 is 0. The number of ketones is 1. The molecule has 0 bridgehead atoms. The summed E-state index contributed by atoms with van der Waals surface area (Å²) < 4.78 is 5.09. The highest BCUT2D eigenvalue weighted by Crippen LogP contribution is 2.19. The predicted octanol–water partition coefficient (Wildman–Crippen LogP) is 2.64. The highest BCUT2D eigenvalue weighted by molar-refractivity contribution is 6.11. The molecule has 1 atom stereocenters. The van der Waals surface area contributed by atoms with Crippen LogP contribution in [0.1, 0.15) is 15.9 Å². The molecule has 6 nitrogen and oxygen atoms in total. The first-order valence-electron chi connectivity index (χ1n) is 7.87. The molecule has 1 heterocycles. The van der Waals surface area contributed by atoms with E-state index < -0.39 is 18.7 Å². The number of alkyl carbamates (subject to hydrolysis) is 1. The Balaban J connectivity index is 1.65. The van der Waals surface area contributed by atoms with E-state index in [1.54, 1.807) is 12.3 Å². The van der Waals surface area contributed by atoms with Crippen molar-refractivity contribution in [2.45, 2.75) is 12.6 Å². The Morgan fingerprint density at radius 1 is 1.08 bits per heavy atom. The van der Waals surface area contributed by atoms with Crippen molar-refractivity contribution >= 4 is 22.8 Å². The molecule has 3 aromatic rings. The van der Waals surface area contributed by atoms with Crippen molar-refractivity contribution in [3.63, 3.8) is 0 Å². The number of para-hydroxylation sites is 1. The van der Waals surface area contributed by atoms with Crippen LogP contribution in [0, 0.1) is 0 Å². The average molecular weight is 338 g/mol. The third kappa shape index (κ3) is 3.87. The summed E-state index contributed by atoms with van der Waals surface area (Å²) in [6.45, 7) is -0.426. The first-order chi connectivity index (χ1) is 12.2. The average Bonchev–Trinajstić information content (AvgIpc) is 3.09. The number of nitrogens with one attached hydrogen (secondary N) is 2. The maximum absolute atomic E-state index is 12.6. The lowest BCUT2D eigenvalue weighted by atomic mass is 10.0. The van der Waals surface area contributed by atoms with Gasteiger partial charge in [-0.2, -0.15) is 0 Å². The van der Waals surface area contributed by atoms with Crippen LogP contribution < -0.4 is 5.32 Å². The summed E-state index contributed by atoms with van der Waals surface area (Å²) in [5.41, 5.74) is 2.06. The Kier molecular flexibility index (Phi) is 5.11. The van der Waals surface area contributed by atoms with E-state index in [0.29, 0.717) is 5.56 Å². The summed E-state index contributed by atoms with van der Waals surface area (Å²) in [5, 5.41) is 12.7. The lowest BCUT2D eigenvalue weighted by Gasteiger charge is -2.15. The molecule has 2 aromatic carbocycles. The molecular formula is C19H18N2O4. The number of aliphatic hydroxyl groups is 1. The maximum atomic E-state index is 12.6. The van der Waals surface area contributed by atoms with Crippen LogP contribution in [0.25, 0.3) is 10.9 Å². The molecular weight excluding hydrogens is 320 g/mol. The second-order valence-corrected chi connectivity index (χ2v) is 5.55. The Morgan fingerprint density at radius 2 is 1.80 bits per heavy atom. The number of hydrogen-bond acceptors (Lipinski definition) is 4. The maximum Gasteiger partial charge on any atom is 0.408 e. The van der Waals surface area contributed by atoms with Gasteiger partial charge in [-0.3, -0.25) is 4.79 Å².